The number of nitrogens with zero attached hydrogens (tertiary/aromatic N) is 6. The maximum atomic E-state index is 10.6. The minimum Gasteiger partial charge on any atom is -0.507 e. The van der Waals surface area contributed by atoms with Crippen molar-refractivity contribution in [3.63, 3.8) is 0 Å². The van der Waals surface area contributed by atoms with E-state index < -0.39 is 0 Å². The van der Waals surface area contributed by atoms with Crippen LogP contribution in [0.1, 0.15) is 18.5 Å². The maximum absolute atomic E-state index is 10.6. The van der Waals surface area contributed by atoms with E-state index >= 15 is 0 Å². The van der Waals surface area contributed by atoms with Gasteiger partial charge in [-0.3, -0.25) is 0 Å². The number of imidazole rings is 1. The van der Waals surface area contributed by atoms with Gasteiger partial charge in [-0.1, -0.05) is 13.0 Å². The molecule has 1 N–H and O–H groups in total. The van der Waals surface area contributed by atoms with E-state index in [0.717, 1.165) is 42.2 Å². The molecule has 0 unspecified atom stereocenters. The topological polar surface area (TPSA) is 79.4 Å². The number of likely N-dealkylation sites (N-methyl/N-ethyl adjacent to an activating group) is 1. The van der Waals surface area contributed by atoms with E-state index in [0.29, 0.717) is 17.2 Å². The lowest BCUT2D eigenvalue weighted by Crippen LogP contribution is -2.44. The molecular formula is C21H20N6O. The molecule has 0 amide bonds. The van der Waals surface area contributed by atoms with E-state index in [1.807, 2.05) is 36.4 Å². The zero-order valence-corrected chi connectivity index (χ0v) is 15.5. The Labute approximate surface area is 162 Å². The number of aromatic hydroxyl groups is 1. The summed E-state index contributed by atoms with van der Waals surface area (Å²) in [5.74, 6) is 0.620. The normalized spacial score (nSPS) is 15.0. The van der Waals surface area contributed by atoms with Gasteiger partial charge in [0.1, 0.15) is 5.75 Å². The van der Waals surface area contributed by atoms with Crippen LogP contribution in [0.25, 0.3) is 28.2 Å². The summed E-state index contributed by atoms with van der Waals surface area (Å²) in [7, 11) is 0. The fourth-order valence-corrected chi connectivity index (χ4v) is 3.60. The van der Waals surface area contributed by atoms with Crippen molar-refractivity contribution in [3.8, 4) is 28.3 Å². The van der Waals surface area contributed by atoms with Gasteiger partial charge >= 0.3 is 0 Å². The van der Waals surface area contributed by atoms with Crippen LogP contribution in [-0.4, -0.2) is 54.4 Å². The van der Waals surface area contributed by atoms with E-state index in [2.05, 4.69) is 32.1 Å². The molecule has 0 bridgehead atoms. The van der Waals surface area contributed by atoms with Gasteiger partial charge in [0.05, 0.1) is 17.1 Å². The lowest BCUT2D eigenvalue weighted by atomic mass is 9.96. The standard InChI is InChI=1S/C21H20N6O/c1-2-26-12-15(13-26)17-5-6-19(24-23-17)16-4-3-14(11-20(16)28)18-7-8-21-22-9-10-27(21)25-18/h3-11,15,28H,2,12-13H2,1H3. The number of fused-ring (bicyclic) bond motifs is 1. The van der Waals surface area contributed by atoms with Crippen LogP contribution in [0.5, 0.6) is 5.75 Å². The minimum atomic E-state index is 0.160. The summed E-state index contributed by atoms with van der Waals surface area (Å²) in [6.45, 7) is 5.32. The first-order valence-electron chi connectivity index (χ1n) is 9.41. The van der Waals surface area contributed by atoms with Crippen molar-refractivity contribution >= 4 is 5.65 Å². The van der Waals surface area contributed by atoms with Crippen LogP contribution >= 0.6 is 0 Å². The van der Waals surface area contributed by atoms with Gasteiger partial charge < -0.3 is 10.0 Å². The summed E-state index contributed by atoms with van der Waals surface area (Å²) in [5, 5.41) is 23.8. The molecule has 1 aliphatic heterocycles. The van der Waals surface area contributed by atoms with Crippen LogP contribution < -0.4 is 0 Å². The van der Waals surface area contributed by atoms with Gasteiger partial charge in [0.25, 0.3) is 0 Å². The Morgan fingerprint density at radius 2 is 1.89 bits per heavy atom. The first-order chi connectivity index (χ1) is 13.7. The van der Waals surface area contributed by atoms with Crippen LogP contribution in [0.3, 0.4) is 0 Å². The summed E-state index contributed by atoms with van der Waals surface area (Å²) < 4.78 is 1.71. The molecule has 1 aromatic carbocycles. The molecule has 1 saturated heterocycles. The fourth-order valence-electron chi connectivity index (χ4n) is 3.60. The lowest BCUT2D eigenvalue weighted by molar-refractivity contribution is 0.154. The van der Waals surface area contributed by atoms with Crippen LogP contribution in [-0.2, 0) is 0 Å². The third kappa shape index (κ3) is 2.90. The summed E-state index contributed by atoms with van der Waals surface area (Å²) >= 11 is 0. The molecule has 7 heteroatoms. The molecule has 1 aliphatic rings. The molecule has 0 spiro atoms. The molecule has 28 heavy (non-hydrogen) atoms. The Balaban J connectivity index is 1.40. The number of hydrogen-bond donors (Lipinski definition) is 1. The summed E-state index contributed by atoms with van der Waals surface area (Å²) in [6, 6.07) is 13.2. The molecule has 5 rings (SSSR count). The predicted octanol–water partition coefficient (Wildman–Crippen LogP) is 2.98. The summed E-state index contributed by atoms with van der Waals surface area (Å²) in [6.07, 6.45) is 3.50. The van der Waals surface area contributed by atoms with Gasteiger partial charge in [-0.2, -0.15) is 15.3 Å². The average molecular weight is 372 g/mol. The van der Waals surface area contributed by atoms with Gasteiger partial charge in [-0.05, 0) is 42.9 Å². The smallest absolute Gasteiger partial charge is 0.153 e. The maximum Gasteiger partial charge on any atom is 0.153 e. The highest BCUT2D eigenvalue weighted by Gasteiger charge is 2.28. The molecule has 140 valence electrons. The lowest BCUT2D eigenvalue weighted by Gasteiger charge is -2.37. The second-order valence-electron chi connectivity index (χ2n) is 7.07. The fraction of sp³-hybridized carbons (Fsp3) is 0.238. The van der Waals surface area contributed by atoms with Crippen molar-refractivity contribution in [1.29, 1.82) is 0 Å². The van der Waals surface area contributed by atoms with E-state index in [4.69, 9.17) is 0 Å². The molecule has 1 fully saturated rings. The van der Waals surface area contributed by atoms with Crippen molar-refractivity contribution in [2.24, 2.45) is 0 Å². The predicted molar refractivity (Wildman–Crippen MR) is 106 cm³/mol. The number of rotatable bonds is 4. The van der Waals surface area contributed by atoms with Crippen molar-refractivity contribution in [3.05, 3.63) is 60.6 Å². The van der Waals surface area contributed by atoms with Crippen LogP contribution in [0.4, 0.5) is 0 Å². The van der Waals surface area contributed by atoms with E-state index in [-0.39, 0.29) is 5.75 Å². The molecule has 7 nitrogen and oxygen atoms in total. The third-order valence-electron chi connectivity index (χ3n) is 5.33. The summed E-state index contributed by atoms with van der Waals surface area (Å²) in [5.41, 5.74) is 4.72. The first kappa shape index (κ1) is 16.8. The Hall–Kier alpha value is -3.32. The Morgan fingerprint density at radius 1 is 1.04 bits per heavy atom. The Morgan fingerprint density at radius 3 is 2.64 bits per heavy atom. The molecule has 4 aromatic rings. The number of phenols is 1. The van der Waals surface area contributed by atoms with Crippen molar-refractivity contribution in [1.82, 2.24) is 29.7 Å². The van der Waals surface area contributed by atoms with Gasteiger partial charge in [-0.15, -0.1) is 0 Å². The SMILES string of the molecule is CCN1CC(c2ccc(-c3ccc(-c4ccc5nccn5n4)cc3O)nn2)C1. The molecular weight excluding hydrogens is 352 g/mol. The van der Waals surface area contributed by atoms with E-state index in [9.17, 15) is 5.11 Å². The number of aromatic nitrogens is 5. The van der Waals surface area contributed by atoms with Gasteiger partial charge in [-0.25, -0.2) is 9.50 Å². The van der Waals surface area contributed by atoms with E-state index in [1.54, 1.807) is 23.0 Å². The quantitative estimate of drug-likeness (QED) is 0.593. The van der Waals surface area contributed by atoms with Crippen molar-refractivity contribution in [2.45, 2.75) is 12.8 Å². The van der Waals surface area contributed by atoms with Crippen LogP contribution in [0.2, 0.25) is 0 Å². The highest BCUT2D eigenvalue weighted by Crippen LogP contribution is 2.32. The molecule has 0 saturated carbocycles. The molecule has 4 heterocycles. The zero-order valence-electron chi connectivity index (χ0n) is 15.5. The third-order valence-corrected chi connectivity index (χ3v) is 5.33. The largest absolute Gasteiger partial charge is 0.507 e. The number of benzene rings is 1. The highest BCUT2D eigenvalue weighted by molar-refractivity contribution is 5.73. The summed E-state index contributed by atoms with van der Waals surface area (Å²) in [4.78, 5) is 6.57. The first-order valence-corrected chi connectivity index (χ1v) is 9.41. The average Bonchev–Trinajstić information content (AvgIpc) is 3.15. The highest BCUT2D eigenvalue weighted by atomic mass is 16.3. The van der Waals surface area contributed by atoms with Crippen LogP contribution in [0.15, 0.2) is 54.9 Å². The Bertz CT molecular complexity index is 1130. The van der Waals surface area contributed by atoms with Gasteiger partial charge in [0.2, 0.25) is 0 Å². The second kappa shape index (κ2) is 6.69. The van der Waals surface area contributed by atoms with Crippen LogP contribution in [0, 0.1) is 0 Å². The number of likely N-dealkylation sites (tertiary alicyclic amines) is 1. The second-order valence-corrected chi connectivity index (χ2v) is 7.07. The zero-order chi connectivity index (χ0) is 19.1. The molecule has 0 radical (unpaired) electrons. The van der Waals surface area contributed by atoms with Crippen molar-refractivity contribution in [2.75, 3.05) is 19.6 Å². The molecule has 0 aliphatic carbocycles. The van der Waals surface area contributed by atoms with Gasteiger partial charge in [0.15, 0.2) is 5.65 Å². The molecule has 3 aromatic heterocycles. The van der Waals surface area contributed by atoms with Gasteiger partial charge in [0, 0.05) is 42.5 Å². The van der Waals surface area contributed by atoms with E-state index in [1.165, 1.54) is 0 Å². The monoisotopic (exact) mass is 372 g/mol. The number of phenolic OH excluding ortho intramolecular Hbond substituents is 1. The number of hydrogen-bond acceptors (Lipinski definition) is 6. The molecule has 0 atom stereocenters. The van der Waals surface area contributed by atoms with Crippen molar-refractivity contribution < 1.29 is 5.11 Å². The Kier molecular flexibility index (Phi) is 4.02. The minimum absolute atomic E-state index is 0.160.